The van der Waals surface area contributed by atoms with Gasteiger partial charge in [-0.2, -0.15) is 5.10 Å². The Balaban J connectivity index is 1.66. The number of nitrogens with zero attached hydrogens (tertiary/aromatic N) is 5. The summed E-state index contributed by atoms with van der Waals surface area (Å²) in [6, 6.07) is 13.0. The van der Waals surface area contributed by atoms with Crippen molar-refractivity contribution in [2.24, 2.45) is 7.05 Å². The first kappa shape index (κ1) is 17.2. The number of piperidine rings is 1. The largest absolute Gasteiger partial charge is 0.350 e. The first-order chi connectivity index (χ1) is 13.1. The van der Waals surface area contributed by atoms with Crippen molar-refractivity contribution in [2.75, 3.05) is 13.1 Å². The van der Waals surface area contributed by atoms with Gasteiger partial charge in [-0.25, -0.2) is 14.0 Å². The van der Waals surface area contributed by atoms with Crippen LogP contribution < -0.4 is 5.69 Å². The third-order valence-corrected chi connectivity index (χ3v) is 4.97. The molecule has 4 rings (SSSR count). The van der Waals surface area contributed by atoms with E-state index in [1.54, 1.807) is 36.1 Å². The van der Waals surface area contributed by atoms with Crippen molar-refractivity contribution in [1.82, 2.24) is 24.2 Å². The molecule has 0 spiro atoms. The molecule has 3 heterocycles. The Hall–Kier alpha value is -3.22. The summed E-state index contributed by atoms with van der Waals surface area (Å²) in [6.07, 6.45) is 5.02. The monoisotopic (exact) mass is 363 g/mol. The molecule has 0 N–H and O–H groups in total. The number of likely N-dealkylation sites (tertiary alicyclic amines) is 1. The summed E-state index contributed by atoms with van der Waals surface area (Å²) < 4.78 is 3.02. The molecule has 0 bridgehead atoms. The molecule has 138 valence electrons. The van der Waals surface area contributed by atoms with Gasteiger partial charge in [-0.1, -0.05) is 18.2 Å². The number of amides is 1. The third-order valence-electron chi connectivity index (χ3n) is 4.97. The maximum atomic E-state index is 12.8. The summed E-state index contributed by atoms with van der Waals surface area (Å²) in [4.78, 5) is 31.3. The lowest BCUT2D eigenvalue weighted by Gasteiger charge is -2.32. The van der Waals surface area contributed by atoms with Gasteiger partial charge in [-0.05, 0) is 37.1 Å². The van der Waals surface area contributed by atoms with E-state index in [2.05, 4.69) is 10.1 Å². The van der Waals surface area contributed by atoms with Crippen molar-refractivity contribution in [3.63, 3.8) is 0 Å². The fourth-order valence-corrected chi connectivity index (χ4v) is 3.62. The van der Waals surface area contributed by atoms with Crippen LogP contribution in [0.3, 0.4) is 0 Å². The normalized spacial score (nSPS) is 17.1. The smallest absolute Gasteiger partial charge is 0.338 e. The number of benzene rings is 1. The molecule has 0 aliphatic carbocycles. The van der Waals surface area contributed by atoms with Crippen molar-refractivity contribution >= 4 is 5.91 Å². The van der Waals surface area contributed by atoms with Crippen molar-refractivity contribution in [2.45, 2.75) is 18.8 Å². The SMILES string of the molecule is Cn1nc(C2CCCN(C(=O)c3ccncc3)C2)n(-c2ccccc2)c1=O. The molecule has 7 heteroatoms. The zero-order valence-corrected chi connectivity index (χ0v) is 15.2. The Bertz CT molecular complexity index is 994. The second-order valence-corrected chi connectivity index (χ2v) is 6.76. The molecule has 1 aliphatic rings. The van der Waals surface area contributed by atoms with Gasteiger partial charge in [-0.3, -0.25) is 9.78 Å². The van der Waals surface area contributed by atoms with E-state index in [0.29, 0.717) is 24.5 Å². The molecule has 1 fully saturated rings. The van der Waals surface area contributed by atoms with Crippen molar-refractivity contribution in [1.29, 1.82) is 0 Å². The number of pyridine rings is 1. The van der Waals surface area contributed by atoms with Gasteiger partial charge in [0.05, 0.1) is 5.69 Å². The highest BCUT2D eigenvalue weighted by atomic mass is 16.2. The van der Waals surface area contributed by atoms with Gasteiger partial charge in [0.1, 0.15) is 5.82 Å². The molecule has 7 nitrogen and oxygen atoms in total. The quantitative estimate of drug-likeness (QED) is 0.713. The minimum absolute atomic E-state index is 0.00774. The zero-order valence-electron chi connectivity index (χ0n) is 15.2. The summed E-state index contributed by atoms with van der Waals surface area (Å²) in [5.74, 6) is 0.714. The molecule has 1 aliphatic heterocycles. The number of carbonyl (C=O) groups is 1. The number of carbonyl (C=O) groups excluding carboxylic acids is 1. The van der Waals surface area contributed by atoms with E-state index in [1.807, 2.05) is 35.2 Å². The Kier molecular flexibility index (Phi) is 4.58. The molecule has 27 heavy (non-hydrogen) atoms. The summed E-state index contributed by atoms with van der Waals surface area (Å²) >= 11 is 0. The molecule has 1 saturated heterocycles. The van der Waals surface area contributed by atoms with E-state index in [0.717, 1.165) is 18.5 Å². The minimum Gasteiger partial charge on any atom is -0.338 e. The van der Waals surface area contributed by atoms with Crippen LogP contribution in [-0.2, 0) is 7.05 Å². The molecule has 1 aromatic carbocycles. The lowest BCUT2D eigenvalue weighted by Crippen LogP contribution is -2.40. The first-order valence-electron chi connectivity index (χ1n) is 9.06. The van der Waals surface area contributed by atoms with E-state index < -0.39 is 0 Å². The highest BCUT2D eigenvalue weighted by molar-refractivity contribution is 5.94. The summed E-state index contributed by atoms with van der Waals surface area (Å²) in [6.45, 7) is 1.25. The second kappa shape index (κ2) is 7.19. The van der Waals surface area contributed by atoms with Crippen LogP contribution >= 0.6 is 0 Å². The van der Waals surface area contributed by atoms with E-state index >= 15 is 0 Å². The number of aromatic nitrogens is 4. The predicted octanol–water partition coefficient (Wildman–Crippen LogP) is 1.99. The van der Waals surface area contributed by atoms with Crippen LogP contribution in [0.25, 0.3) is 5.69 Å². The maximum Gasteiger partial charge on any atom is 0.350 e. The van der Waals surface area contributed by atoms with Crippen molar-refractivity contribution in [3.05, 3.63) is 76.7 Å². The average molecular weight is 363 g/mol. The van der Waals surface area contributed by atoms with Gasteiger partial charge in [0, 0.05) is 44.0 Å². The Morgan fingerprint density at radius 3 is 2.59 bits per heavy atom. The highest BCUT2D eigenvalue weighted by Gasteiger charge is 2.30. The topological polar surface area (TPSA) is 73.0 Å². The minimum atomic E-state index is -0.172. The molecule has 1 unspecified atom stereocenters. The molecule has 0 radical (unpaired) electrons. The maximum absolute atomic E-state index is 12.8. The van der Waals surface area contributed by atoms with Crippen LogP contribution in [0.2, 0.25) is 0 Å². The van der Waals surface area contributed by atoms with Gasteiger partial charge in [0.2, 0.25) is 0 Å². The number of para-hydroxylation sites is 1. The van der Waals surface area contributed by atoms with Gasteiger partial charge in [-0.15, -0.1) is 0 Å². The molecule has 2 aromatic heterocycles. The Labute approximate surface area is 156 Å². The predicted molar refractivity (Wildman–Crippen MR) is 101 cm³/mol. The highest BCUT2D eigenvalue weighted by Crippen LogP contribution is 2.27. The zero-order chi connectivity index (χ0) is 18.8. The van der Waals surface area contributed by atoms with Crippen molar-refractivity contribution < 1.29 is 4.79 Å². The molecule has 3 aromatic rings. The van der Waals surface area contributed by atoms with Crippen LogP contribution in [0.5, 0.6) is 0 Å². The molecule has 0 saturated carbocycles. The fourth-order valence-electron chi connectivity index (χ4n) is 3.62. The van der Waals surface area contributed by atoms with Gasteiger partial charge < -0.3 is 4.90 Å². The van der Waals surface area contributed by atoms with Gasteiger partial charge in [0.25, 0.3) is 5.91 Å². The van der Waals surface area contributed by atoms with E-state index in [1.165, 1.54) is 4.68 Å². The summed E-state index contributed by atoms with van der Waals surface area (Å²) in [7, 11) is 1.66. The summed E-state index contributed by atoms with van der Waals surface area (Å²) in [5, 5.41) is 4.50. The van der Waals surface area contributed by atoms with Crippen molar-refractivity contribution in [3.8, 4) is 5.69 Å². The Morgan fingerprint density at radius 1 is 1.11 bits per heavy atom. The van der Waals surface area contributed by atoms with Crippen LogP contribution in [0.1, 0.15) is 34.9 Å². The second-order valence-electron chi connectivity index (χ2n) is 6.76. The lowest BCUT2D eigenvalue weighted by atomic mass is 9.96. The van der Waals surface area contributed by atoms with Crippen LogP contribution in [0, 0.1) is 0 Å². The fraction of sp³-hybridized carbons (Fsp3) is 0.300. The number of aryl methyl sites for hydroxylation is 1. The molecular weight excluding hydrogens is 342 g/mol. The van der Waals surface area contributed by atoms with E-state index in [9.17, 15) is 9.59 Å². The lowest BCUT2D eigenvalue weighted by molar-refractivity contribution is 0.0703. The number of hydrogen-bond donors (Lipinski definition) is 0. The average Bonchev–Trinajstić information content (AvgIpc) is 3.03. The van der Waals surface area contributed by atoms with E-state index in [4.69, 9.17) is 0 Å². The number of rotatable bonds is 3. The van der Waals surface area contributed by atoms with Crippen LogP contribution in [-0.4, -0.2) is 43.2 Å². The standard InChI is InChI=1S/C20H21N5O2/c1-23-20(27)25(17-7-3-2-4-8-17)18(22-23)16-6-5-13-24(14-16)19(26)15-9-11-21-12-10-15/h2-4,7-12,16H,5-6,13-14H2,1H3. The van der Waals surface area contributed by atoms with E-state index in [-0.39, 0.29) is 17.5 Å². The third kappa shape index (κ3) is 3.28. The van der Waals surface area contributed by atoms with Crippen LogP contribution in [0.15, 0.2) is 59.7 Å². The molecular formula is C20H21N5O2. The Morgan fingerprint density at radius 2 is 1.85 bits per heavy atom. The van der Waals surface area contributed by atoms with Crippen LogP contribution in [0.4, 0.5) is 0 Å². The van der Waals surface area contributed by atoms with Gasteiger partial charge >= 0.3 is 5.69 Å². The first-order valence-corrected chi connectivity index (χ1v) is 9.06. The van der Waals surface area contributed by atoms with Gasteiger partial charge in [0.15, 0.2) is 0 Å². The molecule has 1 amide bonds. The summed E-state index contributed by atoms with van der Waals surface area (Å²) in [5.41, 5.74) is 1.25. The molecule has 1 atom stereocenters. The number of hydrogen-bond acceptors (Lipinski definition) is 4.